The quantitative estimate of drug-likeness (QED) is 0.668. The van der Waals surface area contributed by atoms with Gasteiger partial charge in [-0.25, -0.2) is 4.98 Å². The van der Waals surface area contributed by atoms with Crippen LogP contribution in [0.3, 0.4) is 0 Å². The van der Waals surface area contributed by atoms with E-state index < -0.39 is 0 Å². The van der Waals surface area contributed by atoms with Gasteiger partial charge in [-0.2, -0.15) is 0 Å². The first-order valence-electron chi connectivity index (χ1n) is 4.81. The monoisotopic (exact) mass is 248 g/mol. The van der Waals surface area contributed by atoms with Crippen LogP contribution in [0.2, 0.25) is 0 Å². The zero-order valence-corrected chi connectivity index (χ0v) is 9.92. The van der Waals surface area contributed by atoms with E-state index >= 15 is 0 Å². The van der Waals surface area contributed by atoms with Crippen LogP contribution in [0.4, 0.5) is 0 Å². The number of imidazole rings is 1. The Hall–Kier alpha value is -1.46. The van der Waals surface area contributed by atoms with Crippen molar-refractivity contribution in [2.75, 3.05) is 0 Å². The number of hydrogen-bond acceptors (Lipinski definition) is 4. The Balaban J connectivity index is 1.85. The SMILES string of the molecule is O=C(Cc1cn2ccsc2n1)c1cccs1. The summed E-state index contributed by atoms with van der Waals surface area (Å²) in [5, 5.41) is 3.90. The maximum atomic E-state index is 11.8. The van der Waals surface area contributed by atoms with E-state index in [9.17, 15) is 4.79 Å². The third kappa shape index (κ3) is 1.68. The van der Waals surface area contributed by atoms with Gasteiger partial charge in [0.2, 0.25) is 0 Å². The number of thiophene rings is 1. The van der Waals surface area contributed by atoms with Gasteiger partial charge >= 0.3 is 0 Å². The second-order valence-corrected chi connectivity index (χ2v) is 5.22. The van der Waals surface area contributed by atoms with Crippen molar-refractivity contribution in [3.05, 3.63) is 45.9 Å². The van der Waals surface area contributed by atoms with Crippen molar-refractivity contribution in [3.63, 3.8) is 0 Å². The average molecular weight is 248 g/mol. The Bertz CT molecular complexity index is 593. The Morgan fingerprint density at radius 3 is 3.06 bits per heavy atom. The molecule has 80 valence electrons. The van der Waals surface area contributed by atoms with Gasteiger partial charge in [0.05, 0.1) is 17.0 Å². The minimum absolute atomic E-state index is 0.140. The fraction of sp³-hybridized carbons (Fsp3) is 0.0909. The van der Waals surface area contributed by atoms with Crippen molar-refractivity contribution < 1.29 is 4.79 Å². The van der Waals surface area contributed by atoms with E-state index in [0.717, 1.165) is 15.5 Å². The average Bonchev–Trinajstić information content (AvgIpc) is 2.91. The highest BCUT2D eigenvalue weighted by atomic mass is 32.1. The number of carbonyl (C=O) groups excluding carboxylic acids is 1. The van der Waals surface area contributed by atoms with Crippen LogP contribution in [0.25, 0.3) is 4.96 Å². The highest BCUT2D eigenvalue weighted by molar-refractivity contribution is 7.15. The lowest BCUT2D eigenvalue weighted by atomic mass is 10.2. The lowest BCUT2D eigenvalue weighted by Crippen LogP contribution is -2.01. The molecule has 0 aromatic carbocycles. The van der Waals surface area contributed by atoms with Gasteiger partial charge in [-0.1, -0.05) is 6.07 Å². The molecule has 0 radical (unpaired) electrons. The standard InChI is InChI=1S/C11H8N2OS2/c14-9(10-2-1-4-15-10)6-8-7-13-3-5-16-11(13)12-8/h1-5,7H,6H2. The summed E-state index contributed by atoms with van der Waals surface area (Å²) >= 11 is 3.05. The Morgan fingerprint density at radius 1 is 1.38 bits per heavy atom. The van der Waals surface area contributed by atoms with Crippen LogP contribution in [0.1, 0.15) is 15.4 Å². The van der Waals surface area contributed by atoms with Crippen molar-refractivity contribution in [1.29, 1.82) is 0 Å². The van der Waals surface area contributed by atoms with Gasteiger partial charge in [0.15, 0.2) is 10.7 Å². The third-order valence-corrected chi connectivity index (χ3v) is 3.96. The molecule has 3 aromatic rings. The first kappa shape index (κ1) is 9.74. The molecule has 3 aromatic heterocycles. The fourth-order valence-corrected chi connectivity index (χ4v) is 2.93. The number of carbonyl (C=O) groups is 1. The maximum Gasteiger partial charge on any atom is 0.193 e. The maximum absolute atomic E-state index is 11.8. The van der Waals surface area contributed by atoms with Gasteiger partial charge in [0.25, 0.3) is 0 Å². The highest BCUT2D eigenvalue weighted by Crippen LogP contribution is 2.15. The largest absolute Gasteiger partial charge is 0.297 e. The van der Waals surface area contributed by atoms with Crippen molar-refractivity contribution in [1.82, 2.24) is 9.38 Å². The van der Waals surface area contributed by atoms with Crippen molar-refractivity contribution in [3.8, 4) is 0 Å². The number of hydrogen-bond donors (Lipinski definition) is 0. The summed E-state index contributed by atoms with van der Waals surface area (Å²) in [5.74, 6) is 0.140. The molecular formula is C11H8N2OS2. The summed E-state index contributed by atoms with van der Waals surface area (Å²) < 4.78 is 1.95. The van der Waals surface area contributed by atoms with Gasteiger partial charge in [0.1, 0.15) is 0 Å². The van der Waals surface area contributed by atoms with Crippen LogP contribution in [0, 0.1) is 0 Å². The molecule has 3 heterocycles. The van der Waals surface area contributed by atoms with E-state index in [-0.39, 0.29) is 5.78 Å². The molecule has 0 fully saturated rings. The van der Waals surface area contributed by atoms with E-state index in [0.29, 0.717) is 6.42 Å². The van der Waals surface area contributed by atoms with Gasteiger partial charge in [-0.05, 0) is 11.4 Å². The molecule has 0 atom stereocenters. The summed E-state index contributed by atoms with van der Waals surface area (Å²) in [5.41, 5.74) is 0.838. The smallest absolute Gasteiger partial charge is 0.193 e. The molecule has 3 nitrogen and oxygen atoms in total. The van der Waals surface area contributed by atoms with Crippen LogP contribution in [0.5, 0.6) is 0 Å². The normalized spacial score (nSPS) is 11.0. The third-order valence-electron chi connectivity index (χ3n) is 2.28. The molecule has 0 unspecified atom stereocenters. The Morgan fingerprint density at radius 2 is 2.31 bits per heavy atom. The molecular weight excluding hydrogens is 240 g/mol. The van der Waals surface area contributed by atoms with Crippen LogP contribution >= 0.6 is 22.7 Å². The first-order chi connectivity index (χ1) is 7.83. The van der Waals surface area contributed by atoms with Crippen molar-refractivity contribution in [2.45, 2.75) is 6.42 Å². The molecule has 0 saturated carbocycles. The van der Waals surface area contributed by atoms with Gasteiger partial charge in [-0.3, -0.25) is 9.20 Å². The number of Topliss-reactive ketones (excluding diaryl/α,β-unsaturated/α-hetero) is 1. The minimum atomic E-state index is 0.140. The topological polar surface area (TPSA) is 34.4 Å². The van der Waals surface area contributed by atoms with Crippen LogP contribution < -0.4 is 0 Å². The predicted molar refractivity (Wildman–Crippen MR) is 65.4 cm³/mol. The molecule has 3 rings (SSSR count). The van der Waals surface area contributed by atoms with E-state index in [4.69, 9.17) is 0 Å². The second-order valence-electron chi connectivity index (χ2n) is 3.40. The molecule has 0 saturated heterocycles. The number of rotatable bonds is 3. The lowest BCUT2D eigenvalue weighted by molar-refractivity contribution is 0.0996. The van der Waals surface area contributed by atoms with Crippen molar-refractivity contribution in [2.24, 2.45) is 0 Å². The van der Waals surface area contributed by atoms with Crippen LogP contribution in [-0.2, 0) is 6.42 Å². The molecule has 5 heteroatoms. The Kier molecular flexibility index (Phi) is 2.34. The zero-order valence-electron chi connectivity index (χ0n) is 8.29. The molecule has 0 aliphatic heterocycles. The molecule has 0 aliphatic carbocycles. The van der Waals surface area contributed by atoms with Crippen LogP contribution in [0.15, 0.2) is 35.3 Å². The molecule has 0 N–H and O–H groups in total. The minimum Gasteiger partial charge on any atom is -0.297 e. The highest BCUT2D eigenvalue weighted by Gasteiger charge is 2.10. The van der Waals surface area contributed by atoms with Gasteiger partial charge < -0.3 is 0 Å². The first-order valence-corrected chi connectivity index (χ1v) is 6.56. The van der Waals surface area contributed by atoms with E-state index in [1.807, 2.05) is 39.7 Å². The fourth-order valence-electron chi connectivity index (χ4n) is 1.55. The van der Waals surface area contributed by atoms with Crippen LogP contribution in [-0.4, -0.2) is 15.2 Å². The summed E-state index contributed by atoms with van der Waals surface area (Å²) in [6.07, 6.45) is 4.25. The second kappa shape index (κ2) is 3.84. The summed E-state index contributed by atoms with van der Waals surface area (Å²) in [7, 11) is 0. The number of aromatic nitrogens is 2. The summed E-state index contributed by atoms with van der Waals surface area (Å²) in [4.78, 5) is 18.0. The number of ketones is 1. The number of thiazole rings is 1. The van der Waals surface area contributed by atoms with E-state index in [1.54, 1.807) is 11.3 Å². The summed E-state index contributed by atoms with van der Waals surface area (Å²) in [6, 6.07) is 3.75. The molecule has 0 bridgehead atoms. The lowest BCUT2D eigenvalue weighted by Gasteiger charge is -1.92. The molecule has 0 amide bonds. The van der Waals surface area contributed by atoms with Crippen molar-refractivity contribution >= 4 is 33.4 Å². The molecule has 0 spiro atoms. The molecule has 0 aliphatic rings. The van der Waals surface area contributed by atoms with E-state index in [2.05, 4.69) is 4.98 Å². The van der Waals surface area contributed by atoms with E-state index in [1.165, 1.54) is 11.3 Å². The number of nitrogens with zero attached hydrogens (tertiary/aromatic N) is 2. The summed E-state index contributed by atoms with van der Waals surface area (Å²) in [6.45, 7) is 0. The zero-order chi connectivity index (χ0) is 11.0. The van der Waals surface area contributed by atoms with Gasteiger partial charge in [-0.15, -0.1) is 22.7 Å². The number of fused-ring (bicyclic) bond motifs is 1. The predicted octanol–water partition coefficient (Wildman–Crippen LogP) is 2.88. The van der Waals surface area contributed by atoms with Gasteiger partial charge in [0, 0.05) is 17.8 Å². The molecule has 16 heavy (non-hydrogen) atoms. The Labute approximate surface area is 100.0 Å².